The highest BCUT2D eigenvalue weighted by Gasteiger charge is 2.31. The standard InChI is InChI=1S/C13H19N5O3/c1-9-12(20)17-11(19)8-18(9)13-15-6-10(7-16-13)5-14-3-4-21-2/h6-7,9,14H,3-5,8H2,1-2H3,(H,17,19,20). The Labute approximate surface area is 122 Å². The van der Waals surface area contributed by atoms with Gasteiger partial charge in [0.15, 0.2) is 0 Å². The van der Waals surface area contributed by atoms with E-state index in [9.17, 15) is 9.59 Å². The molecule has 2 rings (SSSR count). The fraction of sp³-hybridized carbons (Fsp3) is 0.538. The maximum absolute atomic E-state index is 11.6. The molecule has 1 saturated heterocycles. The smallest absolute Gasteiger partial charge is 0.249 e. The molecule has 0 spiro atoms. The second kappa shape index (κ2) is 7.09. The fourth-order valence-corrected chi connectivity index (χ4v) is 1.95. The van der Waals surface area contributed by atoms with Gasteiger partial charge in [-0.05, 0) is 6.92 Å². The quantitative estimate of drug-likeness (QED) is 0.516. The lowest BCUT2D eigenvalue weighted by Crippen LogP contribution is -2.57. The minimum atomic E-state index is -0.464. The van der Waals surface area contributed by atoms with E-state index in [0.717, 1.165) is 12.1 Å². The zero-order valence-corrected chi connectivity index (χ0v) is 12.1. The molecule has 0 saturated carbocycles. The number of imide groups is 1. The summed E-state index contributed by atoms with van der Waals surface area (Å²) in [4.78, 5) is 33.1. The van der Waals surface area contributed by atoms with Crippen molar-refractivity contribution in [2.24, 2.45) is 0 Å². The number of methoxy groups -OCH3 is 1. The van der Waals surface area contributed by atoms with Gasteiger partial charge in [-0.2, -0.15) is 0 Å². The zero-order chi connectivity index (χ0) is 15.2. The molecule has 0 aliphatic carbocycles. The molecule has 114 valence electrons. The number of carbonyl (C=O) groups excluding carboxylic acids is 2. The molecule has 2 heterocycles. The third-order valence-electron chi connectivity index (χ3n) is 3.18. The number of rotatable bonds is 6. The molecule has 2 amide bonds. The van der Waals surface area contributed by atoms with Crippen molar-refractivity contribution in [3.8, 4) is 0 Å². The molecule has 8 nitrogen and oxygen atoms in total. The Morgan fingerprint density at radius 1 is 1.43 bits per heavy atom. The van der Waals surface area contributed by atoms with E-state index in [2.05, 4.69) is 20.6 Å². The van der Waals surface area contributed by atoms with E-state index in [-0.39, 0.29) is 18.4 Å². The number of nitrogens with one attached hydrogen (secondary N) is 2. The molecule has 1 aromatic rings. The van der Waals surface area contributed by atoms with Crippen LogP contribution < -0.4 is 15.5 Å². The van der Waals surface area contributed by atoms with E-state index in [1.54, 1.807) is 31.3 Å². The van der Waals surface area contributed by atoms with E-state index in [0.29, 0.717) is 19.1 Å². The first-order valence-electron chi connectivity index (χ1n) is 6.72. The van der Waals surface area contributed by atoms with Gasteiger partial charge in [0.25, 0.3) is 0 Å². The molecule has 1 unspecified atom stereocenters. The van der Waals surface area contributed by atoms with Crippen molar-refractivity contribution < 1.29 is 14.3 Å². The van der Waals surface area contributed by atoms with Crippen LogP contribution in [0, 0.1) is 0 Å². The number of hydrogen-bond acceptors (Lipinski definition) is 7. The Bertz CT molecular complexity index is 505. The van der Waals surface area contributed by atoms with Crippen LogP contribution in [-0.4, -0.2) is 54.6 Å². The van der Waals surface area contributed by atoms with Gasteiger partial charge in [-0.25, -0.2) is 9.97 Å². The van der Waals surface area contributed by atoms with Crippen molar-refractivity contribution in [2.75, 3.05) is 31.7 Å². The summed E-state index contributed by atoms with van der Waals surface area (Å²) >= 11 is 0. The Morgan fingerprint density at radius 3 is 2.81 bits per heavy atom. The van der Waals surface area contributed by atoms with Gasteiger partial charge < -0.3 is 15.0 Å². The van der Waals surface area contributed by atoms with Crippen molar-refractivity contribution in [1.29, 1.82) is 0 Å². The molecule has 1 aromatic heterocycles. The van der Waals surface area contributed by atoms with Gasteiger partial charge in [-0.3, -0.25) is 14.9 Å². The summed E-state index contributed by atoms with van der Waals surface area (Å²) < 4.78 is 4.94. The van der Waals surface area contributed by atoms with Crippen molar-refractivity contribution >= 4 is 17.8 Å². The highest BCUT2D eigenvalue weighted by atomic mass is 16.5. The third-order valence-corrected chi connectivity index (χ3v) is 3.18. The van der Waals surface area contributed by atoms with E-state index >= 15 is 0 Å². The third kappa shape index (κ3) is 3.96. The zero-order valence-electron chi connectivity index (χ0n) is 12.1. The molecule has 8 heteroatoms. The maximum atomic E-state index is 11.6. The predicted octanol–water partition coefficient (Wildman–Crippen LogP) is -0.936. The summed E-state index contributed by atoms with van der Waals surface area (Å²) in [6.07, 6.45) is 3.37. The van der Waals surface area contributed by atoms with Gasteiger partial charge in [-0.15, -0.1) is 0 Å². The van der Waals surface area contributed by atoms with Gasteiger partial charge in [0.2, 0.25) is 17.8 Å². The van der Waals surface area contributed by atoms with Gasteiger partial charge >= 0.3 is 0 Å². The first-order chi connectivity index (χ1) is 10.1. The molecule has 0 aromatic carbocycles. The first kappa shape index (κ1) is 15.3. The van der Waals surface area contributed by atoms with Crippen LogP contribution in [0.1, 0.15) is 12.5 Å². The molecule has 1 aliphatic rings. The summed E-state index contributed by atoms with van der Waals surface area (Å²) in [5, 5.41) is 5.47. The van der Waals surface area contributed by atoms with Crippen molar-refractivity contribution in [2.45, 2.75) is 19.5 Å². The Balaban J connectivity index is 1.97. The Hall–Kier alpha value is -2.06. The van der Waals surface area contributed by atoms with Crippen LogP contribution in [-0.2, 0) is 20.9 Å². The van der Waals surface area contributed by atoms with Gasteiger partial charge in [0.05, 0.1) is 6.61 Å². The predicted molar refractivity (Wildman–Crippen MR) is 75.6 cm³/mol. The van der Waals surface area contributed by atoms with E-state index < -0.39 is 6.04 Å². The van der Waals surface area contributed by atoms with Crippen LogP contribution in [0.3, 0.4) is 0 Å². The molecule has 1 atom stereocenters. The molecular weight excluding hydrogens is 274 g/mol. The average molecular weight is 293 g/mol. The topological polar surface area (TPSA) is 96.5 Å². The van der Waals surface area contributed by atoms with Gasteiger partial charge in [-0.1, -0.05) is 0 Å². The van der Waals surface area contributed by atoms with Crippen molar-refractivity contribution in [3.63, 3.8) is 0 Å². The number of carbonyl (C=O) groups is 2. The van der Waals surface area contributed by atoms with E-state index in [1.165, 1.54) is 0 Å². The van der Waals surface area contributed by atoms with Crippen molar-refractivity contribution in [1.82, 2.24) is 20.6 Å². The number of anilines is 1. The van der Waals surface area contributed by atoms with Gasteiger partial charge in [0.1, 0.15) is 12.6 Å². The summed E-state index contributed by atoms with van der Waals surface area (Å²) in [6.45, 7) is 3.82. The normalized spacial score (nSPS) is 18.8. The lowest BCUT2D eigenvalue weighted by Gasteiger charge is -2.31. The largest absolute Gasteiger partial charge is 0.383 e. The summed E-state index contributed by atoms with van der Waals surface area (Å²) in [6, 6.07) is -0.464. The number of hydrogen-bond donors (Lipinski definition) is 2. The summed E-state index contributed by atoms with van der Waals surface area (Å²) in [7, 11) is 1.65. The molecule has 2 N–H and O–H groups in total. The van der Waals surface area contributed by atoms with Crippen LogP contribution >= 0.6 is 0 Å². The SMILES string of the molecule is COCCNCc1cnc(N2CC(=O)NC(=O)C2C)nc1. The Morgan fingerprint density at radius 2 is 2.14 bits per heavy atom. The maximum Gasteiger partial charge on any atom is 0.249 e. The molecule has 1 aliphatic heterocycles. The molecule has 0 bridgehead atoms. The number of piperazine rings is 1. The lowest BCUT2D eigenvalue weighted by molar-refractivity contribution is -0.132. The number of aromatic nitrogens is 2. The number of amides is 2. The molecule has 0 radical (unpaired) electrons. The average Bonchev–Trinajstić information content (AvgIpc) is 2.48. The van der Waals surface area contributed by atoms with Crippen LogP contribution in [0.4, 0.5) is 5.95 Å². The van der Waals surface area contributed by atoms with Crippen LogP contribution in [0.25, 0.3) is 0 Å². The first-order valence-corrected chi connectivity index (χ1v) is 6.72. The summed E-state index contributed by atoms with van der Waals surface area (Å²) in [5.41, 5.74) is 0.926. The second-order valence-electron chi connectivity index (χ2n) is 4.78. The van der Waals surface area contributed by atoms with Gasteiger partial charge in [0, 0.05) is 38.2 Å². The van der Waals surface area contributed by atoms with E-state index in [4.69, 9.17) is 4.74 Å². The highest BCUT2D eigenvalue weighted by molar-refractivity contribution is 6.04. The van der Waals surface area contributed by atoms with E-state index in [1.807, 2.05) is 0 Å². The Kier molecular flexibility index (Phi) is 5.18. The number of ether oxygens (including phenoxy) is 1. The minimum Gasteiger partial charge on any atom is -0.383 e. The van der Waals surface area contributed by atoms with Crippen molar-refractivity contribution in [3.05, 3.63) is 18.0 Å². The molecule has 21 heavy (non-hydrogen) atoms. The monoisotopic (exact) mass is 293 g/mol. The number of nitrogens with zero attached hydrogens (tertiary/aromatic N) is 3. The highest BCUT2D eigenvalue weighted by Crippen LogP contribution is 2.13. The minimum absolute atomic E-state index is 0.0817. The molecule has 1 fully saturated rings. The fourth-order valence-electron chi connectivity index (χ4n) is 1.95. The molecular formula is C13H19N5O3. The van der Waals surface area contributed by atoms with Crippen LogP contribution in [0.2, 0.25) is 0 Å². The van der Waals surface area contributed by atoms with Crippen LogP contribution in [0.5, 0.6) is 0 Å². The second-order valence-corrected chi connectivity index (χ2v) is 4.78. The van der Waals surface area contributed by atoms with Crippen LogP contribution in [0.15, 0.2) is 12.4 Å². The summed E-state index contributed by atoms with van der Waals surface area (Å²) in [5.74, 6) is -0.293. The lowest BCUT2D eigenvalue weighted by atomic mass is 10.2.